The van der Waals surface area contributed by atoms with E-state index in [4.69, 9.17) is 8.83 Å². The lowest BCUT2D eigenvalue weighted by molar-refractivity contribution is 0.669. The maximum absolute atomic E-state index is 6.50. The molecule has 2 heterocycles. The van der Waals surface area contributed by atoms with Crippen LogP contribution in [0.25, 0.3) is 76.9 Å². The smallest absolute Gasteiger partial charge is 0.143 e. The minimum atomic E-state index is 0.866. The molecule has 3 heteroatoms. The predicted octanol–water partition coefficient (Wildman–Crippen LogP) is 13.4. The molecule has 3 nitrogen and oxygen atoms in total. The van der Waals surface area contributed by atoms with E-state index in [-0.39, 0.29) is 0 Å². The van der Waals surface area contributed by atoms with Gasteiger partial charge in [0.25, 0.3) is 0 Å². The largest absolute Gasteiger partial charge is 0.456 e. The minimum absolute atomic E-state index is 0.866. The number of furan rings is 2. The highest BCUT2D eigenvalue weighted by Gasteiger charge is 2.20. The Morgan fingerprint density at radius 2 is 1.06 bits per heavy atom. The first-order valence-electron chi connectivity index (χ1n) is 16.6. The van der Waals surface area contributed by atoms with E-state index in [1.807, 2.05) is 12.1 Å². The lowest BCUT2D eigenvalue weighted by atomic mass is 9.97. The zero-order chi connectivity index (χ0) is 32.3. The van der Waals surface area contributed by atoms with Crippen molar-refractivity contribution in [2.75, 3.05) is 4.90 Å². The van der Waals surface area contributed by atoms with Crippen LogP contribution in [0.4, 0.5) is 17.1 Å². The van der Waals surface area contributed by atoms with Crippen LogP contribution in [0.5, 0.6) is 0 Å². The summed E-state index contributed by atoms with van der Waals surface area (Å²) in [5.41, 5.74) is 11.4. The van der Waals surface area contributed by atoms with Crippen LogP contribution >= 0.6 is 0 Å². The molecule has 0 unspecified atom stereocenters. The maximum atomic E-state index is 6.50. The van der Waals surface area contributed by atoms with Gasteiger partial charge in [-0.15, -0.1) is 0 Å². The summed E-state index contributed by atoms with van der Waals surface area (Å²) < 4.78 is 12.8. The Labute approximate surface area is 282 Å². The Kier molecular flexibility index (Phi) is 6.18. The van der Waals surface area contributed by atoms with Gasteiger partial charge in [0.1, 0.15) is 22.3 Å². The van der Waals surface area contributed by atoms with Gasteiger partial charge in [-0.3, -0.25) is 0 Å². The molecule has 0 radical (unpaired) electrons. The van der Waals surface area contributed by atoms with Gasteiger partial charge in [-0.2, -0.15) is 0 Å². The van der Waals surface area contributed by atoms with Crippen LogP contribution in [0, 0.1) is 0 Å². The molecule has 0 aliphatic rings. The number of hydrogen-bond donors (Lipinski definition) is 0. The second-order valence-electron chi connectivity index (χ2n) is 12.5. The van der Waals surface area contributed by atoms with E-state index in [2.05, 4.69) is 169 Å². The molecular formula is C46H29NO2. The molecule has 0 spiro atoms. The van der Waals surface area contributed by atoms with Crippen molar-refractivity contribution < 1.29 is 8.83 Å². The van der Waals surface area contributed by atoms with Crippen LogP contribution in [0.1, 0.15) is 0 Å². The molecule has 0 saturated heterocycles. The predicted molar refractivity (Wildman–Crippen MR) is 204 cm³/mol. The van der Waals surface area contributed by atoms with Gasteiger partial charge in [0.2, 0.25) is 0 Å². The number of fused-ring (bicyclic) bond motifs is 8. The van der Waals surface area contributed by atoms with Gasteiger partial charge < -0.3 is 13.7 Å². The average molecular weight is 628 g/mol. The van der Waals surface area contributed by atoms with Gasteiger partial charge in [0.15, 0.2) is 0 Å². The van der Waals surface area contributed by atoms with Crippen molar-refractivity contribution in [3.8, 4) is 22.3 Å². The van der Waals surface area contributed by atoms with Crippen molar-refractivity contribution in [3.05, 3.63) is 176 Å². The van der Waals surface area contributed by atoms with Crippen molar-refractivity contribution in [1.29, 1.82) is 0 Å². The van der Waals surface area contributed by atoms with E-state index in [1.54, 1.807) is 0 Å². The number of benzene rings is 8. The summed E-state index contributed by atoms with van der Waals surface area (Å²) in [6.07, 6.45) is 0. The van der Waals surface area contributed by atoms with Gasteiger partial charge in [-0.1, -0.05) is 121 Å². The summed E-state index contributed by atoms with van der Waals surface area (Å²) in [5, 5.41) is 6.77. The fourth-order valence-corrected chi connectivity index (χ4v) is 7.41. The van der Waals surface area contributed by atoms with Crippen molar-refractivity contribution in [2.45, 2.75) is 0 Å². The highest BCUT2D eigenvalue weighted by atomic mass is 16.3. The Bertz CT molecular complexity index is 2830. The molecule has 0 bridgehead atoms. The molecule has 49 heavy (non-hydrogen) atoms. The summed E-state index contributed by atoms with van der Waals surface area (Å²) in [5.74, 6) is 0. The molecule has 0 aliphatic heterocycles. The molecule has 0 aliphatic carbocycles. The second-order valence-corrected chi connectivity index (χ2v) is 12.5. The third kappa shape index (κ3) is 4.44. The Hall–Kier alpha value is -6.58. The molecule has 230 valence electrons. The van der Waals surface area contributed by atoms with E-state index in [0.717, 1.165) is 83.0 Å². The average Bonchev–Trinajstić information content (AvgIpc) is 3.75. The third-order valence-corrected chi connectivity index (χ3v) is 9.66. The maximum Gasteiger partial charge on any atom is 0.143 e. The zero-order valence-corrected chi connectivity index (χ0v) is 26.5. The van der Waals surface area contributed by atoms with Gasteiger partial charge in [-0.25, -0.2) is 0 Å². The Balaban J connectivity index is 1.16. The van der Waals surface area contributed by atoms with Gasteiger partial charge in [-0.05, 0) is 82.2 Å². The molecular weight excluding hydrogens is 599 g/mol. The Morgan fingerprint density at radius 3 is 1.94 bits per heavy atom. The molecule has 0 saturated carbocycles. The topological polar surface area (TPSA) is 29.5 Å². The Morgan fingerprint density at radius 1 is 0.367 bits per heavy atom. The SMILES string of the molecule is c1ccc(-c2cccc(N(c3ccc(-c4cccc5oc6c7ccccc7ccc6c45)cc3)c3cccc4oc5ccccc5c34)c2)cc1. The quantitative estimate of drug-likeness (QED) is 0.190. The lowest BCUT2D eigenvalue weighted by Gasteiger charge is -2.27. The zero-order valence-electron chi connectivity index (χ0n) is 26.5. The normalized spacial score (nSPS) is 11.7. The number of para-hydroxylation sites is 1. The third-order valence-electron chi connectivity index (χ3n) is 9.66. The molecule has 10 aromatic rings. The van der Waals surface area contributed by atoms with E-state index in [9.17, 15) is 0 Å². The summed E-state index contributed by atoms with van der Waals surface area (Å²) in [6.45, 7) is 0. The number of hydrogen-bond acceptors (Lipinski definition) is 3. The summed E-state index contributed by atoms with van der Waals surface area (Å²) in [7, 11) is 0. The van der Waals surface area contributed by atoms with Gasteiger partial charge >= 0.3 is 0 Å². The van der Waals surface area contributed by atoms with Crippen LogP contribution in [-0.2, 0) is 0 Å². The standard InChI is InChI=1S/C46H29NO2/c1-2-11-30(12-3-1)33-14-8-15-35(29-33)47(40-19-10-22-43-45(40)38-17-6-7-20-41(38)48-43)34-26-23-32(24-27-34)36-18-9-21-42-44(36)39-28-25-31-13-4-5-16-37(31)46(39)49-42/h1-29H. The number of rotatable bonds is 5. The first-order valence-corrected chi connectivity index (χ1v) is 16.6. The van der Waals surface area contributed by atoms with Crippen molar-refractivity contribution in [3.63, 3.8) is 0 Å². The number of nitrogens with zero attached hydrogens (tertiary/aromatic N) is 1. The van der Waals surface area contributed by atoms with Gasteiger partial charge in [0.05, 0.1) is 11.1 Å². The van der Waals surface area contributed by atoms with E-state index < -0.39 is 0 Å². The molecule has 10 rings (SSSR count). The minimum Gasteiger partial charge on any atom is -0.456 e. The van der Waals surface area contributed by atoms with E-state index in [1.165, 1.54) is 10.9 Å². The first-order chi connectivity index (χ1) is 24.3. The van der Waals surface area contributed by atoms with Crippen molar-refractivity contribution >= 4 is 71.7 Å². The van der Waals surface area contributed by atoms with Crippen LogP contribution < -0.4 is 4.90 Å². The molecule has 0 N–H and O–H groups in total. The first kappa shape index (κ1) is 27.5. The van der Waals surface area contributed by atoms with E-state index >= 15 is 0 Å². The fourth-order valence-electron chi connectivity index (χ4n) is 7.41. The second kappa shape index (κ2) is 11.0. The lowest BCUT2D eigenvalue weighted by Crippen LogP contribution is -2.10. The molecule has 0 atom stereocenters. The molecule has 2 aromatic heterocycles. The summed E-state index contributed by atoms with van der Waals surface area (Å²) in [4.78, 5) is 2.35. The van der Waals surface area contributed by atoms with Crippen LogP contribution in [0.3, 0.4) is 0 Å². The van der Waals surface area contributed by atoms with Crippen molar-refractivity contribution in [1.82, 2.24) is 0 Å². The highest BCUT2D eigenvalue weighted by molar-refractivity contribution is 6.19. The fraction of sp³-hybridized carbons (Fsp3) is 0. The number of anilines is 3. The summed E-state index contributed by atoms with van der Waals surface area (Å²) in [6, 6.07) is 62.0. The highest BCUT2D eigenvalue weighted by Crippen LogP contribution is 2.45. The van der Waals surface area contributed by atoms with Crippen LogP contribution in [0.2, 0.25) is 0 Å². The van der Waals surface area contributed by atoms with Gasteiger partial charge in [0, 0.05) is 32.9 Å². The molecule has 0 amide bonds. The van der Waals surface area contributed by atoms with Crippen LogP contribution in [-0.4, -0.2) is 0 Å². The molecule has 0 fully saturated rings. The van der Waals surface area contributed by atoms with Crippen molar-refractivity contribution in [2.24, 2.45) is 0 Å². The van der Waals surface area contributed by atoms with E-state index in [0.29, 0.717) is 0 Å². The molecule has 8 aromatic carbocycles. The summed E-state index contributed by atoms with van der Waals surface area (Å²) >= 11 is 0. The monoisotopic (exact) mass is 627 g/mol. The van der Waals surface area contributed by atoms with Crippen LogP contribution in [0.15, 0.2) is 185 Å².